The van der Waals surface area contributed by atoms with Gasteiger partial charge in [0.1, 0.15) is 10.9 Å². The van der Waals surface area contributed by atoms with Crippen molar-refractivity contribution < 1.29 is 13.9 Å². The van der Waals surface area contributed by atoms with Crippen LogP contribution in [0.5, 0.6) is 0 Å². The summed E-state index contributed by atoms with van der Waals surface area (Å²) in [6, 6.07) is 1.77. The van der Waals surface area contributed by atoms with E-state index in [2.05, 4.69) is 21.2 Å². The summed E-state index contributed by atoms with van der Waals surface area (Å²) in [4.78, 5) is 0.862. The van der Waals surface area contributed by atoms with Crippen LogP contribution in [0.1, 0.15) is 4.88 Å². The van der Waals surface area contributed by atoms with Crippen molar-refractivity contribution >= 4 is 38.9 Å². The fourth-order valence-corrected chi connectivity index (χ4v) is 2.66. The van der Waals surface area contributed by atoms with Gasteiger partial charge in [-0.25, -0.2) is 8.78 Å². The second kappa shape index (κ2) is 5.54. The molecule has 0 amide bonds. The average Bonchev–Trinajstić information content (AvgIpc) is 2.46. The van der Waals surface area contributed by atoms with Gasteiger partial charge >= 0.3 is 0 Å². The summed E-state index contributed by atoms with van der Waals surface area (Å²) in [7, 11) is 0. The molecule has 2 N–H and O–H groups in total. The number of aliphatic hydroxyl groups excluding tert-OH is 1. The molecule has 0 aromatic carbocycles. The lowest BCUT2D eigenvalue weighted by molar-refractivity contribution is -0.0477. The van der Waals surface area contributed by atoms with E-state index in [-0.39, 0.29) is 0 Å². The SMILES string of the molecule is OCC(F)(F)CNCc1cc(Br)c(Cl)s1. The number of halogens is 4. The Morgan fingerprint density at radius 3 is 2.73 bits per heavy atom. The molecule has 0 radical (unpaired) electrons. The third-order valence-electron chi connectivity index (χ3n) is 1.61. The van der Waals surface area contributed by atoms with Gasteiger partial charge in [-0.05, 0) is 22.0 Å². The van der Waals surface area contributed by atoms with Crippen molar-refractivity contribution in [2.75, 3.05) is 13.2 Å². The number of hydrogen-bond donors (Lipinski definition) is 2. The lowest BCUT2D eigenvalue weighted by Gasteiger charge is -2.13. The monoisotopic (exact) mass is 319 g/mol. The molecule has 0 aliphatic rings. The minimum Gasteiger partial charge on any atom is -0.390 e. The van der Waals surface area contributed by atoms with Crippen LogP contribution >= 0.6 is 38.9 Å². The Balaban J connectivity index is 2.38. The number of thiophene rings is 1. The van der Waals surface area contributed by atoms with Gasteiger partial charge in [0, 0.05) is 15.9 Å². The molecule has 86 valence electrons. The third kappa shape index (κ3) is 4.32. The fourth-order valence-electron chi connectivity index (χ4n) is 0.903. The van der Waals surface area contributed by atoms with Gasteiger partial charge in [-0.1, -0.05) is 11.6 Å². The molecule has 0 bridgehead atoms. The number of rotatable bonds is 5. The molecule has 1 aromatic rings. The molecule has 0 saturated heterocycles. The van der Waals surface area contributed by atoms with Crippen LogP contribution in [0.3, 0.4) is 0 Å². The van der Waals surface area contributed by atoms with Crippen LogP contribution in [-0.4, -0.2) is 24.2 Å². The Labute approximate surface area is 103 Å². The van der Waals surface area contributed by atoms with Crippen LogP contribution in [0.15, 0.2) is 10.5 Å². The third-order valence-corrected chi connectivity index (χ3v) is 4.09. The van der Waals surface area contributed by atoms with Gasteiger partial charge in [0.25, 0.3) is 5.92 Å². The lowest BCUT2D eigenvalue weighted by atomic mass is 10.3. The second-order valence-electron chi connectivity index (χ2n) is 2.95. The smallest absolute Gasteiger partial charge is 0.282 e. The first-order valence-electron chi connectivity index (χ1n) is 4.08. The Morgan fingerprint density at radius 1 is 1.60 bits per heavy atom. The van der Waals surface area contributed by atoms with E-state index in [1.807, 2.05) is 0 Å². The van der Waals surface area contributed by atoms with E-state index < -0.39 is 19.1 Å². The first-order chi connectivity index (χ1) is 6.94. The molecule has 0 saturated carbocycles. The molecule has 0 atom stereocenters. The Kier molecular flexibility index (Phi) is 4.92. The van der Waals surface area contributed by atoms with E-state index >= 15 is 0 Å². The van der Waals surface area contributed by atoms with Crippen LogP contribution in [-0.2, 0) is 6.54 Å². The molecule has 0 fully saturated rings. The van der Waals surface area contributed by atoms with E-state index in [4.69, 9.17) is 16.7 Å². The first kappa shape index (κ1) is 13.3. The summed E-state index contributed by atoms with van der Waals surface area (Å²) >= 11 is 10.3. The van der Waals surface area contributed by atoms with Gasteiger partial charge in [0.15, 0.2) is 0 Å². The van der Waals surface area contributed by atoms with E-state index in [0.29, 0.717) is 10.9 Å². The van der Waals surface area contributed by atoms with Crippen molar-refractivity contribution in [3.05, 3.63) is 19.8 Å². The van der Waals surface area contributed by atoms with Crippen LogP contribution in [0, 0.1) is 0 Å². The molecule has 1 rings (SSSR count). The summed E-state index contributed by atoms with van der Waals surface area (Å²) in [6.45, 7) is -1.38. The summed E-state index contributed by atoms with van der Waals surface area (Å²) < 4.78 is 26.6. The first-order valence-corrected chi connectivity index (χ1v) is 6.06. The minimum absolute atomic E-state index is 0.311. The maximum atomic E-state index is 12.6. The predicted octanol–water partition coefficient (Wildman–Crippen LogP) is 2.88. The van der Waals surface area contributed by atoms with Crippen molar-refractivity contribution in [2.45, 2.75) is 12.5 Å². The topological polar surface area (TPSA) is 32.3 Å². The summed E-state index contributed by atoms with van der Waals surface area (Å²) in [5.74, 6) is -3.07. The standard InChI is InChI=1S/C8H9BrClF2NOS/c9-6-1-5(15-7(6)10)2-13-3-8(11,12)4-14/h1,13-14H,2-4H2. The molecule has 15 heavy (non-hydrogen) atoms. The Hall–Kier alpha value is 0.250. The van der Waals surface area contributed by atoms with Crippen molar-refractivity contribution in [1.29, 1.82) is 0 Å². The highest BCUT2D eigenvalue weighted by molar-refractivity contribution is 9.10. The van der Waals surface area contributed by atoms with Crippen molar-refractivity contribution in [1.82, 2.24) is 5.32 Å². The Morgan fingerprint density at radius 2 is 2.27 bits per heavy atom. The largest absolute Gasteiger partial charge is 0.390 e. The van der Waals surface area contributed by atoms with Gasteiger partial charge in [-0.15, -0.1) is 11.3 Å². The molecular weight excluding hydrogens is 312 g/mol. The number of aliphatic hydroxyl groups is 1. The molecule has 0 aliphatic carbocycles. The zero-order chi connectivity index (χ0) is 11.5. The van der Waals surface area contributed by atoms with Crippen molar-refractivity contribution in [3.8, 4) is 0 Å². The molecular formula is C8H9BrClF2NOS. The summed E-state index contributed by atoms with van der Waals surface area (Å²) in [6.07, 6.45) is 0. The summed E-state index contributed by atoms with van der Waals surface area (Å²) in [5, 5.41) is 10.9. The van der Waals surface area contributed by atoms with Crippen LogP contribution < -0.4 is 5.32 Å². The molecule has 2 nitrogen and oxygen atoms in total. The Bertz CT molecular complexity index is 315. The van der Waals surface area contributed by atoms with Gasteiger partial charge in [0.2, 0.25) is 0 Å². The van der Waals surface area contributed by atoms with Gasteiger partial charge < -0.3 is 10.4 Å². The normalized spacial score (nSPS) is 12.1. The van der Waals surface area contributed by atoms with Crippen LogP contribution in [0.25, 0.3) is 0 Å². The van der Waals surface area contributed by atoms with Crippen LogP contribution in [0.2, 0.25) is 4.34 Å². The van der Waals surface area contributed by atoms with Crippen molar-refractivity contribution in [3.63, 3.8) is 0 Å². The highest BCUT2D eigenvalue weighted by Crippen LogP contribution is 2.31. The van der Waals surface area contributed by atoms with Crippen LogP contribution in [0.4, 0.5) is 8.78 Å². The highest BCUT2D eigenvalue weighted by Gasteiger charge is 2.26. The molecule has 0 unspecified atom stereocenters. The number of alkyl halides is 2. The molecule has 0 spiro atoms. The quantitative estimate of drug-likeness (QED) is 0.874. The average molecular weight is 321 g/mol. The molecule has 0 aliphatic heterocycles. The second-order valence-corrected chi connectivity index (χ2v) is 5.55. The van der Waals surface area contributed by atoms with E-state index in [1.54, 1.807) is 6.07 Å². The van der Waals surface area contributed by atoms with E-state index in [1.165, 1.54) is 11.3 Å². The fraction of sp³-hybridized carbons (Fsp3) is 0.500. The number of nitrogens with one attached hydrogen (secondary N) is 1. The van der Waals surface area contributed by atoms with E-state index in [9.17, 15) is 8.78 Å². The van der Waals surface area contributed by atoms with E-state index in [0.717, 1.165) is 9.35 Å². The maximum absolute atomic E-state index is 12.6. The molecule has 1 heterocycles. The molecule has 7 heteroatoms. The minimum atomic E-state index is -3.07. The highest BCUT2D eigenvalue weighted by atomic mass is 79.9. The van der Waals surface area contributed by atoms with Gasteiger partial charge in [-0.2, -0.15) is 0 Å². The predicted molar refractivity (Wildman–Crippen MR) is 60.8 cm³/mol. The number of hydrogen-bond acceptors (Lipinski definition) is 3. The van der Waals surface area contributed by atoms with Gasteiger partial charge in [0.05, 0.1) is 6.54 Å². The maximum Gasteiger partial charge on any atom is 0.282 e. The molecule has 1 aromatic heterocycles. The van der Waals surface area contributed by atoms with Crippen molar-refractivity contribution in [2.24, 2.45) is 0 Å². The lowest BCUT2D eigenvalue weighted by Crippen LogP contribution is -2.35. The van der Waals surface area contributed by atoms with Gasteiger partial charge in [-0.3, -0.25) is 0 Å². The summed E-state index contributed by atoms with van der Waals surface area (Å²) in [5.41, 5.74) is 0. The zero-order valence-corrected chi connectivity index (χ0v) is 10.7. The zero-order valence-electron chi connectivity index (χ0n) is 7.57.